The second-order valence-corrected chi connectivity index (χ2v) is 6.43. The van der Waals surface area contributed by atoms with Crippen molar-refractivity contribution in [2.45, 2.75) is 18.6 Å². The van der Waals surface area contributed by atoms with Gasteiger partial charge in [0, 0.05) is 11.9 Å². The van der Waals surface area contributed by atoms with Gasteiger partial charge in [-0.15, -0.1) is 5.10 Å². The first-order valence-corrected chi connectivity index (χ1v) is 8.33. The largest absolute Gasteiger partial charge is 0.350 e. The van der Waals surface area contributed by atoms with Gasteiger partial charge in [-0.1, -0.05) is 23.9 Å². The molecule has 1 N–H and O–H groups in total. The standard InChI is InChI=1S/C16H15N5OS/c1-11-5-6-12-13(10-11)18-15(17-12)23-9-8-21-16(22)20-7-3-2-4-14(20)19-21/h2-7,10H,8-9H2,1H3,(H,17,18). The molecule has 6 nitrogen and oxygen atoms in total. The van der Waals surface area contributed by atoms with Crippen LogP contribution in [0.25, 0.3) is 16.7 Å². The Labute approximate surface area is 136 Å². The number of imidazole rings is 1. The molecule has 3 heterocycles. The average molecular weight is 325 g/mol. The van der Waals surface area contributed by atoms with E-state index in [2.05, 4.69) is 28.1 Å². The van der Waals surface area contributed by atoms with Crippen LogP contribution in [0, 0.1) is 6.92 Å². The molecule has 0 saturated carbocycles. The number of aryl methyl sites for hydroxylation is 2. The highest BCUT2D eigenvalue weighted by Gasteiger charge is 2.07. The molecule has 4 rings (SSSR count). The van der Waals surface area contributed by atoms with Crippen LogP contribution in [0.1, 0.15) is 5.56 Å². The quantitative estimate of drug-likeness (QED) is 0.585. The first-order chi connectivity index (χ1) is 11.2. The number of aromatic amines is 1. The third-order valence-electron chi connectivity index (χ3n) is 3.65. The van der Waals surface area contributed by atoms with Crippen LogP contribution in [0.2, 0.25) is 0 Å². The monoisotopic (exact) mass is 325 g/mol. The molecule has 4 aromatic rings. The molecule has 0 atom stereocenters. The molecule has 1 aromatic carbocycles. The van der Waals surface area contributed by atoms with E-state index in [4.69, 9.17) is 0 Å². The van der Waals surface area contributed by atoms with Gasteiger partial charge >= 0.3 is 5.69 Å². The number of pyridine rings is 1. The second kappa shape index (κ2) is 5.58. The highest BCUT2D eigenvalue weighted by molar-refractivity contribution is 7.99. The zero-order valence-electron chi connectivity index (χ0n) is 12.6. The first-order valence-electron chi connectivity index (χ1n) is 7.34. The summed E-state index contributed by atoms with van der Waals surface area (Å²) in [6, 6.07) is 11.7. The van der Waals surface area contributed by atoms with E-state index in [0.717, 1.165) is 21.9 Å². The lowest BCUT2D eigenvalue weighted by atomic mass is 10.2. The maximum absolute atomic E-state index is 12.2. The van der Waals surface area contributed by atoms with E-state index in [1.165, 1.54) is 10.2 Å². The number of benzene rings is 1. The number of rotatable bonds is 4. The van der Waals surface area contributed by atoms with Gasteiger partial charge in [0.15, 0.2) is 10.8 Å². The van der Waals surface area contributed by atoms with Crippen LogP contribution >= 0.6 is 11.8 Å². The zero-order chi connectivity index (χ0) is 15.8. The minimum Gasteiger partial charge on any atom is -0.333 e. The molecule has 116 valence electrons. The summed E-state index contributed by atoms with van der Waals surface area (Å²) in [5.41, 5.74) is 3.76. The minimum absolute atomic E-state index is 0.110. The Balaban J connectivity index is 1.49. The first kappa shape index (κ1) is 14.1. The van der Waals surface area contributed by atoms with Crippen molar-refractivity contribution in [2.75, 3.05) is 5.75 Å². The molecule has 0 fully saturated rings. The van der Waals surface area contributed by atoms with E-state index in [1.54, 1.807) is 22.4 Å². The Hall–Kier alpha value is -2.54. The highest BCUT2D eigenvalue weighted by Crippen LogP contribution is 2.20. The van der Waals surface area contributed by atoms with E-state index in [-0.39, 0.29) is 5.69 Å². The average Bonchev–Trinajstić information content (AvgIpc) is 3.09. The predicted octanol–water partition coefficient (Wildman–Crippen LogP) is 2.47. The van der Waals surface area contributed by atoms with Gasteiger partial charge in [0.25, 0.3) is 0 Å². The lowest BCUT2D eigenvalue weighted by Gasteiger charge is -1.97. The molecule has 0 aliphatic heterocycles. The third kappa shape index (κ3) is 2.63. The smallest absolute Gasteiger partial charge is 0.333 e. The predicted molar refractivity (Wildman–Crippen MR) is 91.0 cm³/mol. The second-order valence-electron chi connectivity index (χ2n) is 5.35. The fraction of sp³-hybridized carbons (Fsp3) is 0.188. The number of fused-ring (bicyclic) bond motifs is 2. The SMILES string of the molecule is Cc1ccc2nc(SCCn3nc4ccccn4c3=O)[nH]c2c1. The van der Waals surface area contributed by atoms with E-state index < -0.39 is 0 Å². The van der Waals surface area contributed by atoms with Gasteiger partial charge in [0.1, 0.15) is 0 Å². The molecule has 23 heavy (non-hydrogen) atoms. The summed E-state index contributed by atoms with van der Waals surface area (Å²) in [6.07, 6.45) is 1.73. The molecular formula is C16H15N5OS. The van der Waals surface area contributed by atoms with E-state index in [0.29, 0.717) is 12.2 Å². The van der Waals surface area contributed by atoms with Crippen molar-refractivity contribution >= 4 is 28.4 Å². The lowest BCUT2D eigenvalue weighted by Crippen LogP contribution is -2.21. The number of hydrogen-bond donors (Lipinski definition) is 1. The lowest BCUT2D eigenvalue weighted by molar-refractivity contribution is 0.639. The van der Waals surface area contributed by atoms with Crippen LogP contribution in [-0.4, -0.2) is 29.9 Å². The molecule has 0 saturated heterocycles. The van der Waals surface area contributed by atoms with E-state index in [9.17, 15) is 4.79 Å². The van der Waals surface area contributed by atoms with Crippen molar-refractivity contribution in [3.8, 4) is 0 Å². The van der Waals surface area contributed by atoms with Crippen molar-refractivity contribution in [2.24, 2.45) is 0 Å². The van der Waals surface area contributed by atoms with Gasteiger partial charge < -0.3 is 4.98 Å². The molecule has 0 aliphatic carbocycles. The van der Waals surface area contributed by atoms with Gasteiger partial charge in [-0.25, -0.2) is 14.5 Å². The van der Waals surface area contributed by atoms with Crippen molar-refractivity contribution in [1.29, 1.82) is 0 Å². The van der Waals surface area contributed by atoms with E-state index >= 15 is 0 Å². The summed E-state index contributed by atoms with van der Waals surface area (Å²) in [5, 5.41) is 5.18. The number of aromatic nitrogens is 5. The number of thioether (sulfide) groups is 1. The normalized spacial score (nSPS) is 11.5. The Kier molecular flexibility index (Phi) is 3.42. The summed E-state index contributed by atoms with van der Waals surface area (Å²) in [4.78, 5) is 20.0. The van der Waals surface area contributed by atoms with Crippen LogP contribution < -0.4 is 5.69 Å². The molecule has 0 bridgehead atoms. The molecule has 0 amide bonds. The molecule has 0 unspecified atom stereocenters. The number of nitrogens with one attached hydrogen (secondary N) is 1. The van der Waals surface area contributed by atoms with Crippen molar-refractivity contribution in [3.05, 3.63) is 58.6 Å². The van der Waals surface area contributed by atoms with Gasteiger partial charge in [-0.2, -0.15) is 0 Å². The van der Waals surface area contributed by atoms with Gasteiger partial charge in [0.05, 0.1) is 17.6 Å². The summed E-state index contributed by atoms with van der Waals surface area (Å²) >= 11 is 1.59. The molecule has 0 radical (unpaired) electrons. The minimum atomic E-state index is -0.110. The maximum atomic E-state index is 12.2. The molecule has 7 heteroatoms. The van der Waals surface area contributed by atoms with E-state index in [1.807, 2.05) is 30.3 Å². The van der Waals surface area contributed by atoms with Crippen molar-refractivity contribution in [1.82, 2.24) is 24.1 Å². The van der Waals surface area contributed by atoms with Gasteiger partial charge in [-0.05, 0) is 36.8 Å². The number of H-pyrrole nitrogens is 1. The topological polar surface area (TPSA) is 68.0 Å². The van der Waals surface area contributed by atoms with Crippen LogP contribution in [0.3, 0.4) is 0 Å². The summed E-state index contributed by atoms with van der Waals surface area (Å²) in [6.45, 7) is 2.60. The van der Waals surface area contributed by atoms with Crippen molar-refractivity contribution < 1.29 is 0 Å². The molecule has 0 spiro atoms. The number of hydrogen-bond acceptors (Lipinski definition) is 4. The Morgan fingerprint density at radius 3 is 3.04 bits per heavy atom. The third-order valence-corrected chi connectivity index (χ3v) is 4.50. The fourth-order valence-corrected chi connectivity index (χ4v) is 3.31. The van der Waals surface area contributed by atoms with Gasteiger partial charge in [0.2, 0.25) is 0 Å². The van der Waals surface area contributed by atoms with Crippen LogP contribution in [0.4, 0.5) is 0 Å². The van der Waals surface area contributed by atoms with Crippen LogP contribution in [-0.2, 0) is 6.54 Å². The summed E-state index contributed by atoms with van der Waals surface area (Å²) in [5.74, 6) is 0.725. The summed E-state index contributed by atoms with van der Waals surface area (Å²) < 4.78 is 3.05. The van der Waals surface area contributed by atoms with Crippen LogP contribution in [0.15, 0.2) is 52.5 Å². The number of nitrogens with zero attached hydrogens (tertiary/aromatic N) is 4. The van der Waals surface area contributed by atoms with Crippen LogP contribution in [0.5, 0.6) is 0 Å². The Morgan fingerprint density at radius 2 is 2.17 bits per heavy atom. The van der Waals surface area contributed by atoms with Crippen molar-refractivity contribution in [3.63, 3.8) is 0 Å². The maximum Gasteiger partial charge on any atom is 0.350 e. The highest BCUT2D eigenvalue weighted by atomic mass is 32.2. The fourth-order valence-electron chi connectivity index (χ4n) is 2.51. The molecule has 3 aromatic heterocycles. The Morgan fingerprint density at radius 1 is 1.26 bits per heavy atom. The summed E-state index contributed by atoms with van der Waals surface area (Å²) in [7, 11) is 0. The molecular weight excluding hydrogens is 310 g/mol. The van der Waals surface area contributed by atoms with Gasteiger partial charge in [-0.3, -0.25) is 4.40 Å². The Bertz CT molecular complexity index is 1050. The molecule has 0 aliphatic rings. The zero-order valence-corrected chi connectivity index (χ0v) is 13.4.